The van der Waals surface area contributed by atoms with Gasteiger partial charge in [0.15, 0.2) is 17.0 Å². The molecule has 0 bridgehead atoms. The number of anilines is 1. The van der Waals surface area contributed by atoms with Gasteiger partial charge in [-0.05, 0) is 30.7 Å². The van der Waals surface area contributed by atoms with Crippen molar-refractivity contribution in [1.82, 2.24) is 24.5 Å². The van der Waals surface area contributed by atoms with Crippen LogP contribution < -0.4 is 10.5 Å². The number of benzene rings is 1. The van der Waals surface area contributed by atoms with E-state index in [2.05, 4.69) is 19.9 Å². The Balaban J connectivity index is 1.89. The number of hydrogen-bond donors (Lipinski definition) is 2. The van der Waals surface area contributed by atoms with Gasteiger partial charge in [0.05, 0.1) is 24.9 Å². The summed E-state index contributed by atoms with van der Waals surface area (Å²) >= 11 is 0. The first-order valence-corrected chi connectivity index (χ1v) is 9.06. The van der Waals surface area contributed by atoms with Crippen molar-refractivity contribution in [3.63, 3.8) is 0 Å². The van der Waals surface area contributed by atoms with Crippen LogP contribution in [-0.4, -0.2) is 42.2 Å². The number of aromatic nitrogens is 5. The number of carboxylic acid groups (broad SMARTS) is 1. The number of fused-ring (bicyclic) bond motifs is 1. The highest BCUT2D eigenvalue weighted by atomic mass is 19.1. The van der Waals surface area contributed by atoms with Crippen molar-refractivity contribution >= 4 is 23.0 Å². The molecule has 0 aliphatic heterocycles. The van der Waals surface area contributed by atoms with E-state index in [1.165, 1.54) is 24.4 Å². The van der Waals surface area contributed by atoms with Gasteiger partial charge in [0.1, 0.15) is 11.6 Å². The molecular formula is C20H17FN6O3. The topological polar surface area (TPSA) is 129 Å². The fourth-order valence-electron chi connectivity index (χ4n) is 3.03. The minimum absolute atomic E-state index is 0.105. The SMILES string of the molecule is CCOc1nc(N)c2nc(-c3cncc(F)c3)n(Cc3ccc(C(=O)O)cc3)c2n1. The Labute approximate surface area is 170 Å². The second-order valence-corrected chi connectivity index (χ2v) is 6.41. The fraction of sp³-hybridized carbons (Fsp3) is 0.150. The first-order chi connectivity index (χ1) is 14.5. The van der Waals surface area contributed by atoms with Gasteiger partial charge in [-0.2, -0.15) is 9.97 Å². The number of nitrogen functional groups attached to an aromatic ring is 1. The summed E-state index contributed by atoms with van der Waals surface area (Å²) in [5.41, 5.74) is 8.22. The number of carbonyl (C=O) groups is 1. The zero-order chi connectivity index (χ0) is 21.3. The van der Waals surface area contributed by atoms with Gasteiger partial charge in [0.25, 0.3) is 0 Å². The van der Waals surface area contributed by atoms with Gasteiger partial charge in [-0.1, -0.05) is 12.1 Å². The third-order valence-electron chi connectivity index (χ3n) is 4.38. The number of nitrogens with two attached hydrogens (primary N) is 1. The van der Waals surface area contributed by atoms with E-state index < -0.39 is 11.8 Å². The number of rotatable bonds is 6. The van der Waals surface area contributed by atoms with Gasteiger partial charge in [0.2, 0.25) is 0 Å². The molecule has 152 valence electrons. The van der Waals surface area contributed by atoms with Gasteiger partial charge in [-0.25, -0.2) is 14.2 Å². The molecule has 9 nitrogen and oxygen atoms in total. The van der Waals surface area contributed by atoms with Crippen LogP contribution in [0.3, 0.4) is 0 Å². The molecule has 1 aromatic carbocycles. The molecule has 0 aliphatic carbocycles. The minimum Gasteiger partial charge on any atom is -0.478 e. The number of nitrogens with zero attached hydrogens (tertiary/aromatic N) is 5. The van der Waals surface area contributed by atoms with E-state index in [4.69, 9.17) is 15.6 Å². The van der Waals surface area contributed by atoms with E-state index in [9.17, 15) is 9.18 Å². The Morgan fingerprint density at radius 1 is 1.20 bits per heavy atom. The Kier molecular flexibility index (Phi) is 4.97. The van der Waals surface area contributed by atoms with E-state index in [0.717, 1.165) is 11.8 Å². The van der Waals surface area contributed by atoms with Crippen molar-refractivity contribution in [2.75, 3.05) is 12.3 Å². The summed E-state index contributed by atoms with van der Waals surface area (Å²) in [5.74, 6) is -0.989. The van der Waals surface area contributed by atoms with E-state index in [-0.39, 0.29) is 23.9 Å². The summed E-state index contributed by atoms with van der Waals surface area (Å²) in [7, 11) is 0. The van der Waals surface area contributed by atoms with Crippen molar-refractivity contribution in [3.05, 3.63) is 59.7 Å². The Hall–Kier alpha value is -4.08. The van der Waals surface area contributed by atoms with Gasteiger partial charge < -0.3 is 20.1 Å². The normalized spacial score (nSPS) is 11.0. The molecule has 4 aromatic rings. The summed E-state index contributed by atoms with van der Waals surface area (Å²) < 4.78 is 20.9. The van der Waals surface area contributed by atoms with Crippen LogP contribution >= 0.6 is 0 Å². The van der Waals surface area contributed by atoms with E-state index >= 15 is 0 Å². The molecule has 4 rings (SSSR count). The van der Waals surface area contributed by atoms with Crippen LogP contribution in [0.2, 0.25) is 0 Å². The van der Waals surface area contributed by atoms with Gasteiger partial charge >= 0.3 is 12.0 Å². The van der Waals surface area contributed by atoms with Crippen LogP contribution in [0.15, 0.2) is 42.7 Å². The molecule has 0 atom stereocenters. The number of aromatic carboxylic acids is 1. The summed E-state index contributed by atoms with van der Waals surface area (Å²) in [4.78, 5) is 28.0. The fourth-order valence-corrected chi connectivity index (χ4v) is 3.03. The Morgan fingerprint density at radius 2 is 1.97 bits per heavy atom. The lowest BCUT2D eigenvalue weighted by molar-refractivity contribution is 0.0697. The van der Waals surface area contributed by atoms with Crippen LogP contribution in [-0.2, 0) is 6.54 Å². The highest BCUT2D eigenvalue weighted by Crippen LogP contribution is 2.28. The van der Waals surface area contributed by atoms with Crippen LogP contribution in [0.4, 0.5) is 10.2 Å². The summed E-state index contributed by atoms with van der Waals surface area (Å²) in [6.45, 7) is 2.44. The molecule has 3 aromatic heterocycles. The molecular weight excluding hydrogens is 391 g/mol. The summed E-state index contributed by atoms with van der Waals surface area (Å²) in [6, 6.07) is 7.82. The number of hydrogen-bond acceptors (Lipinski definition) is 7. The molecule has 3 N–H and O–H groups in total. The number of pyridine rings is 1. The molecule has 0 fully saturated rings. The number of ether oxygens (including phenoxy) is 1. The second kappa shape index (κ2) is 7.74. The molecule has 10 heteroatoms. The van der Waals surface area contributed by atoms with E-state index in [1.807, 2.05) is 0 Å². The van der Waals surface area contributed by atoms with Gasteiger partial charge in [-0.3, -0.25) is 4.98 Å². The third-order valence-corrected chi connectivity index (χ3v) is 4.38. The summed E-state index contributed by atoms with van der Waals surface area (Å²) in [5, 5.41) is 9.10. The van der Waals surface area contributed by atoms with Crippen LogP contribution in [0, 0.1) is 5.82 Å². The highest BCUT2D eigenvalue weighted by molar-refractivity contribution is 5.88. The quantitative estimate of drug-likeness (QED) is 0.498. The van der Waals surface area contributed by atoms with Crippen molar-refractivity contribution in [1.29, 1.82) is 0 Å². The first kappa shape index (κ1) is 19.2. The third kappa shape index (κ3) is 3.62. The maximum absolute atomic E-state index is 13.8. The van der Waals surface area contributed by atoms with Crippen LogP contribution in [0.25, 0.3) is 22.6 Å². The molecule has 0 radical (unpaired) electrons. The van der Waals surface area contributed by atoms with E-state index in [1.54, 1.807) is 23.6 Å². The second-order valence-electron chi connectivity index (χ2n) is 6.41. The number of halogens is 1. The minimum atomic E-state index is -1.01. The summed E-state index contributed by atoms with van der Waals surface area (Å²) in [6.07, 6.45) is 2.59. The standard InChI is InChI=1S/C20H17FN6O3/c1-2-30-20-25-16(22)15-18(26-20)27(10-11-3-5-12(6-4-11)19(28)29)17(24-15)13-7-14(21)9-23-8-13/h3-9H,2,10H2,1H3,(H,28,29)(H2,22,25,26). The Morgan fingerprint density at radius 3 is 2.63 bits per heavy atom. The molecule has 0 aliphatic rings. The zero-order valence-corrected chi connectivity index (χ0v) is 15.9. The van der Waals surface area contributed by atoms with Crippen molar-refractivity contribution < 1.29 is 19.0 Å². The zero-order valence-electron chi connectivity index (χ0n) is 15.9. The average Bonchev–Trinajstić information content (AvgIpc) is 3.08. The lowest BCUT2D eigenvalue weighted by Crippen LogP contribution is -2.06. The highest BCUT2D eigenvalue weighted by Gasteiger charge is 2.19. The molecule has 0 spiro atoms. The monoisotopic (exact) mass is 408 g/mol. The van der Waals surface area contributed by atoms with Crippen molar-refractivity contribution in [3.8, 4) is 17.4 Å². The predicted molar refractivity (Wildman–Crippen MR) is 107 cm³/mol. The Bertz CT molecular complexity index is 1240. The number of imidazole rings is 1. The molecule has 0 unspecified atom stereocenters. The maximum Gasteiger partial charge on any atom is 0.335 e. The first-order valence-electron chi connectivity index (χ1n) is 9.06. The maximum atomic E-state index is 13.8. The molecule has 0 amide bonds. The molecule has 3 heterocycles. The van der Waals surface area contributed by atoms with Crippen LogP contribution in [0.1, 0.15) is 22.8 Å². The lowest BCUT2D eigenvalue weighted by atomic mass is 10.1. The number of carboxylic acids is 1. The molecule has 30 heavy (non-hydrogen) atoms. The van der Waals surface area contributed by atoms with Gasteiger partial charge in [0, 0.05) is 11.8 Å². The van der Waals surface area contributed by atoms with Crippen molar-refractivity contribution in [2.45, 2.75) is 13.5 Å². The predicted octanol–water partition coefficient (Wildman–Crippen LogP) is 2.75. The van der Waals surface area contributed by atoms with E-state index in [0.29, 0.717) is 29.2 Å². The largest absolute Gasteiger partial charge is 0.478 e. The molecule has 0 saturated heterocycles. The van der Waals surface area contributed by atoms with Gasteiger partial charge in [-0.15, -0.1) is 0 Å². The smallest absolute Gasteiger partial charge is 0.335 e. The average molecular weight is 408 g/mol. The van der Waals surface area contributed by atoms with Crippen molar-refractivity contribution in [2.24, 2.45) is 0 Å². The lowest BCUT2D eigenvalue weighted by Gasteiger charge is -2.10. The van der Waals surface area contributed by atoms with Crippen LogP contribution in [0.5, 0.6) is 6.01 Å². The molecule has 0 saturated carbocycles.